The number of para-hydroxylation sites is 1. The van der Waals surface area contributed by atoms with Crippen LogP contribution in [0.3, 0.4) is 0 Å². The van der Waals surface area contributed by atoms with Crippen LogP contribution in [0.1, 0.15) is 43.6 Å². The first-order valence-corrected chi connectivity index (χ1v) is 11.0. The lowest BCUT2D eigenvalue weighted by molar-refractivity contribution is -0.161. The Kier molecular flexibility index (Phi) is 4.88. The molecule has 0 aliphatic carbocycles. The standard InChI is InChI=1S/C25H26N4O4/c1-25(2,3)33-24(32)27-28-14-20(30)29-19(23(28)31)13-17-16-11-7-8-12-18(16)26-21(17)22(29)15-9-5-4-6-10-15/h4-12,19,22,26H,13-14H2,1-3H3,(H,27,32)/t19-,22+/m0/s1. The summed E-state index contributed by atoms with van der Waals surface area (Å²) >= 11 is 0. The van der Waals surface area contributed by atoms with Crippen molar-refractivity contribution in [2.24, 2.45) is 0 Å². The number of aromatic amines is 1. The largest absolute Gasteiger partial charge is 0.443 e. The predicted molar refractivity (Wildman–Crippen MR) is 122 cm³/mol. The van der Waals surface area contributed by atoms with Gasteiger partial charge >= 0.3 is 6.09 Å². The molecule has 0 saturated carbocycles. The molecule has 33 heavy (non-hydrogen) atoms. The van der Waals surface area contributed by atoms with Crippen LogP contribution < -0.4 is 5.43 Å². The number of aromatic nitrogens is 1. The van der Waals surface area contributed by atoms with Gasteiger partial charge in [0.05, 0.1) is 6.04 Å². The third-order valence-corrected chi connectivity index (χ3v) is 6.00. The number of nitrogens with zero attached hydrogens (tertiary/aromatic N) is 2. The fourth-order valence-electron chi connectivity index (χ4n) is 4.75. The molecule has 0 bridgehead atoms. The van der Waals surface area contributed by atoms with Crippen LogP contribution in [0.15, 0.2) is 54.6 Å². The van der Waals surface area contributed by atoms with E-state index in [2.05, 4.69) is 10.4 Å². The van der Waals surface area contributed by atoms with Crippen LogP contribution in [-0.4, -0.2) is 51.0 Å². The Morgan fingerprint density at radius 3 is 2.48 bits per heavy atom. The van der Waals surface area contributed by atoms with Crippen LogP contribution in [0.2, 0.25) is 0 Å². The van der Waals surface area contributed by atoms with Crippen molar-refractivity contribution < 1.29 is 19.1 Å². The molecule has 0 radical (unpaired) electrons. The molecule has 8 heteroatoms. The zero-order chi connectivity index (χ0) is 23.3. The molecule has 3 aromatic rings. The Balaban J connectivity index is 1.55. The number of hydrogen-bond donors (Lipinski definition) is 2. The molecular weight excluding hydrogens is 420 g/mol. The Morgan fingerprint density at radius 2 is 1.76 bits per heavy atom. The van der Waals surface area contributed by atoms with Gasteiger partial charge in [-0.05, 0) is 38.0 Å². The van der Waals surface area contributed by atoms with Crippen molar-refractivity contribution in [1.82, 2.24) is 20.3 Å². The quantitative estimate of drug-likeness (QED) is 0.632. The molecule has 8 nitrogen and oxygen atoms in total. The van der Waals surface area contributed by atoms with Gasteiger partial charge in [0.2, 0.25) is 5.91 Å². The number of nitrogens with one attached hydrogen (secondary N) is 2. The molecule has 2 N–H and O–H groups in total. The van der Waals surface area contributed by atoms with E-state index < -0.39 is 23.8 Å². The molecule has 1 saturated heterocycles. The summed E-state index contributed by atoms with van der Waals surface area (Å²) in [5.74, 6) is -0.578. The average molecular weight is 447 g/mol. The maximum atomic E-state index is 13.5. The van der Waals surface area contributed by atoms with Crippen LogP contribution >= 0.6 is 0 Å². The first-order valence-electron chi connectivity index (χ1n) is 11.0. The summed E-state index contributed by atoms with van der Waals surface area (Å²) in [7, 11) is 0. The first kappa shape index (κ1) is 21.1. The number of amides is 3. The SMILES string of the molecule is CC(C)(C)OC(=O)NN1CC(=O)N2[C@H](c3ccccc3)c3[nH]c4ccccc4c3C[C@H]2C1=O. The molecule has 170 valence electrons. The van der Waals surface area contributed by atoms with Crippen molar-refractivity contribution in [3.63, 3.8) is 0 Å². The van der Waals surface area contributed by atoms with E-state index in [0.717, 1.165) is 32.7 Å². The number of rotatable bonds is 2. The van der Waals surface area contributed by atoms with Crippen LogP contribution in [0.5, 0.6) is 0 Å². The van der Waals surface area contributed by atoms with Crippen molar-refractivity contribution in [3.05, 3.63) is 71.4 Å². The van der Waals surface area contributed by atoms with E-state index in [1.807, 2.05) is 54.6 Å². The second kappa shape index (κ2) is 7.65. The van der Waals surface area contributed by atoms with E-state index >= 15 is 0 Å². The smallest absolute Gasteiger partial charge is 0.426 e. The molecule has 1 aromatic heterocycles. The summed E-state index contributed by atoms with van der Waals surface area (Å²) in [6.07, 6.45) is -0.403. The summed E-state index contributed by atoms with van der Waals surface area (Å²) in [5.41, 5.74) is 5.57. The van der Waals surface area contributed by atoms with Crippen LogP contribution in [-0.2, 0) is 20.7 Å². The second-order valence-corrected chi connectivity index (χ2v) is 9.44. The number of carbonyl (C=O) groups is 3. The Bertz CT molecular complexity index is 1240. The maximum absolute atomic E-state index is 13.5. The normalized spacial score (nSPS) is 20.5. The van der Waals surface area contributed by atoms with Gasteiger partial charge in [-0.3, -0.25) is 9.59 Å². The fraction of sp³-hybridized carbons (Fsp3) is 0.320. The van der Waals surface area contributed by atoms with Crippen molar-refractivity contribution in [2.75, 3.05) is 6.54 Å². The topological polar surface area (TPSA) is 94.7 Å². The highest BCUT2D eigenvalue weighted by Crippen LogP contribution is 2.42. The third-order valence-electron chi connectivity index (χ3n) is 6.00. The van der Waals surface area contributed by atoms with Gasteiger partial charge in [-0.2, -0.15) is 0 Å². The summed E-state index contributed by atoms with van der Waals surface area (Å²) in [5, 5.41) is 2.12. The number of ether oxygens (including phenoxy) is 1. The van der Waals surface area contributed by atoms with Gasteiger partial charge in [-0.15, -0.1) is 0 Å². The number of carbonyl (C=O) groups excluding carboxylic acids is 3. The van der Waals surface area contributed by atoms with E-state index in [4.69, 9.17) is 4.74 Å². The lowest BCUT2D eigenvalue weighted by Crippen LogP contribution is -2.66. The zero-order valence-electron chi connectivity index (χ0n) is 18.8. The summed E-state index contributed by atoms with van der Waals surface area (Å²) in [4.78, 5) is 44.3. The van der Waals surface area contributed by atoms with E-state index in [1.165, 1.54) is 0 Å². The molecule has 1 fully saturated rings. The Morgan fingerprint density at radius 1 is 1.06 bits per heavy atom. The number of benzene rings is 2. The Labute approximate surface area is 191 Å². The van der Waals surface area contributed by atoms with Crippen LogP contribution in [0.4, 0.5) is 4.79 Å². The molecule has 3 heterocycles. The number of hydrazine groups is 1. The monoisotopic (exact) mass is 446 g/mol. The predicted octanol–water partition coefficient (Wildman–Crippen LogP) is 3.29. The second-order valence-electron chi connectivity index (χ2n) is 9.44. The van der Waals surface area contributed by atoms with Crippen LogP contribution in [0, 0.1) is 0 Å². The maximum Gasteiger partial charge on any atom is 0.426 e. The van der Waals surface area contributed by atoms with Crippen molar-refractivity contribution in [3.8, 4) is 0 Å². The lowest BCUT2D eigenvalue weighted by atomic mass is 9.86. The highest BCUT2D eigenvalue weighted by atomic mass is 16.6. The lowest BCUT2D eigenvalue weighted by Gasteiger charge is -2.46. The molecule has 2 atom stereocenters. The summed E-state index contributed by atoms with van der Waals surface area (Å²) in [6.45, 7) is 4.96. The average Bonchev–Trinajstić information content (AvgIpc) is 3.13. The van der Waals surface area contributed by atoms with Gasteiger partial charge in [-0.1, -0.05) is 48.5 Å². The fourth-order valence-corrected chi connectivity index (χ4v) is 4.75. The molecule has 3 amide bonds. The van der Waals surface area contributed by atoms with E-state index in [-0.39, 0.29) is 18.4 Å². The van der Waals surface area contributed by atoms with E-state index in [0.29, 0.717) is 6.42 Å². The van der Waals surface area contributed by atoms with Gasteiger partial charge in [-0.25, -0.2) is 15.2 Å². The minimum Gasteiger partial charge on any atom is -0.443 e. The molecule has 5 rings (SSSR count). The third kappa shape index (κ3) is 3.71. The minimum atomic E-state index is -0.764. The highest BCUT2D eigenvalue weighted by Gasteiger charge is 2.48. The highest BCUT2D eigenvalue weighted by molar-refractivity contribution is 5.98. The molecule has 2 aliphatic rings. The van der Waals surface area contributed by atoms with Gasteiger partial charge in [0.15, 0.2) is 0 Å². The zero-order valence-corrected chi connectivity index (χ0v) is 18.8. The van der Waals surface area contributed by atoms with Gasteiger partial charge in [0.1, 0.15) is 18.2 Å². The Hall–Kier alpha value is -3.81. The molecule has 0 unspecified atom stereocenters. The van der Waals surface area contributed by atoms with Crippen molar-refractivity contribution >= 4 is 28.8 Å². The summed E-state index contributed by atoms with van der Waals surface area (Å²) < 4.78 is 5.28. The number of H-pyrrole nitrogens is 1. The molecular formula is C25H26N4O4. The minimum absolute atomic E-state index is 0.242. The van der Waals surface area contributed by atoms with E-state index in [9.17, 15) is 14.4 Å². The van der Waals surface area contributed by atoms with Crippen molar-refractivity contribution in [2.45, 2.75) is 44.9 Å². The molecule has 2 aliphatic heterocycles. The molecule has 0 spiro atoms. The van der Waals surface area contributed by atoms with Crippen LogP contribution in [0.25, 0.3) is 10.9 Å². The van der Waals surface area contributed by atoms with E-state index in [1.54, 1.807) is 25.7 Å². The van der Waals surface area contributed by atoms with Gasteiger partial charge in [0.25, 0.3) is 5.91 Å². The molecule has 2 aromatic carbocycles. The van der Waals surface area contributed by atoms with Crippen molar-refractivity contribution in [1.29, 1.82) is 0 Å². The van der Waals surface area contributed by atoms with Gasteiger partial charge < -0.3 is 14.6 Å². The first-order chi connectivity index (χ1) is 15.7. The number of piperazine rings is 1. The number of hydrogen-bond acceptors (Lipinski definition) is 4. The number of fused-ring (bicyclic) bond motifs is 4. The van der Waals surface area contributed by atoms with Gasteiger partial charge in [0, 0.05) is 23.0 Å². The summed E-state index contributed by atoms with van der Waals surface area (Å²) in [6, 6.07) is 16.5.